The molecule has 0 fully saturated rings. The van der Waals surface area contributed by atoms with Gasteiger partial charge in [-0.1, -0.05) is 72.8 Å². The molecule has 6 N–H and O–H groups in total. The maximum absolute atomic E-state index is 13.7. The molecule has 45 heavy (non-hydrogen) atoms. The quantitative estimate of drug-likeness (QED) is 0.185. The number of hydrogen-bond acceptors (Lipinski definition) is 7. The summed E-state index contributed by atoms with van der Waals surface area (Å²) in [7, 11) is 0. The lowest BCUT2D eigenvalue weighted by Crippen LogP contribution is -2.59. The second-order valence-corrected chi connectivity index (χ2v) is 11.7. The molecule has 0 aliphatic rings. The highest BCUT2D eigenvalue weighted by Gasteiger charge is 2.31. The summed E-state index contributed by atoms with van der Waals surface area (Å²) in [4.78, 5) is 51.7. The molecule has 4 amide bonds. The number of rotatable bonds is 14. The second-order valence-electron chi connectivity index (χ2n) is 11.7. The first-order valence-corrected chi connectivity index (χ1v) is 14.7. The fraction of sp³-hybridized carbons (Fsp3) is 0.353. The van der Waals surface area contributed by atoms with Gasteiger partial charge in [0.15, 0.2) is 0 Å². The minimum atomic E-state index is -1.38. The number of hydrogen-bond donors (Lipinski definition) is 5. The van der Waals surface area contributed by atoms with Gasteiger partial charge in [-0.2, -0.15) is 0 Å². The van der Waals surface area contributed by atoms with Gasteiger partial charge in [0, 0.05) is 12.8 Å². The standard InChI is InChI=1S/C34H42N4O7/c1-22(39)29(30(35)40)38-32(42)27(20-24-15-17-26(18-16-24)44-21-25-13-9-6-10-14-25)36-31(41)28(19-23-11-7-5-8-12-23)37-33(43)45-34(2,3)4/h5-18,22,27-29,39H,19-21H2,1-4H3,(H2,35,40)(H,36,41)(H,37,43)(H,38,42)/t22-,27+,28+,29+/m0/s1. The predicted molar refractivity (Wildman–Crippen MR) is 169 cm³/mol. The third-order valence-electron chi connectivity index (χ3n) is 6.62. The van der Waals surface area contributed by atoms with Crippen LogP contribution in [0.3, 0.4) is 0 Å². The molecule has 0 aromatic heterocycles. The first-order chi connectivity index (χ1) is 21.3. The normalized spacial score (nSPS) is 13.8. The van der Waals surface area contributed by atoms with Crippen molar-refractivity contribution in [3.63, 3.8) is 0 Å². The Hall–Kier alpha value is -4.90. The summed E-state index contributed by atoms with van der Waals surface area (Å²) in [5, 5.41) is 17.8. The van der Waals surface area contributed by atoms with Crippen LogP contribution in [-0.4, -0.2) is 58.8 Å². The lowest BCUT2D eigenvalue weighted by atomic mass is 10.0. The molecule has 3 aromatic rings. The van der Waals surface area contributed by atoms with E-state index >= 15 is 0 Å². The van der Waals surface area contributed by atoms with Crippen molar-refractivity contribution >= 4 is 23.8 Å². The highest BCUT2D eigenvalue weighted by atomic mass is 16.6. The lowest BCUT2D eigenvalue weighted by Gasteiger charge is -2.27. The Bertz CT molecular complexity index is 1410. The molecular weight excluding hydrogens is 576 g/mol. The third-order valence-corrected chi connectivity index (χ3v) is 6.62. The molecule has 11 nitrogen and oxygen atoms in total. The zero-order valence-electron chi connectivity index (χ0n) is 26.0. The fourth-order valence-electron chi connectivity index (χ4n) is 4.37. The van der Waals surface area contributed by atoms with Gasteiger partial charge in [0.05, 0.1) is 6.10 Å². The van der Waals surface area contributed by atoms with Crippen LogP contribution in [0.15, 0.2) is 84.9 Å². The van der Waals surface area contributed by atoms with Crippen LogP contribution in [0.25, 0.3) is 0 Å². The van der Waals surface area contributed by atoms with E-state index in [1.807, 2.05) is 48.5 Å². The first kappa shape index (κ1) is 34.6. The Morgan fingerprint density at radius 2 is 1.22 bits per heavy atom. The van der Waals surface area contributed by atoms with Crippen LogP contribution in [0.4, 0.5) is 4.79 Å². The predicted octanol–water partition coefficient (Wildman–Crippen LogP) is 2.78. The van der Waals surface area contributed by atoms with Crippen LogP contribution in [0, 0.1) is 0 Å². The Balaban J connectivity index is 1.81. The maximum Gasteiger partial charge on any atom is 0.408 e. The van der Waals surface area contributed by atoms with Crippen molar-refractivity contribution in [2.45, 2.75) is 77.0 Å². The Labute approximate surface area is 263 Å². The summed E-state index contributed by atoms with van der Waals surface area (Å²) in [5.41, 5.74) is 7.04. The average Bonchev–Trinajstić information content (AvgIpc) is 2.98. The number of nitrogens with one attached hydrogen (secondary N) is 3. The van der Waals surface area contributed by atoms with Gasteiger partial charge >= 0.3 is 6.09 Å². The van der Waals surface area contributed by atoms with Gasteiger partial charge in [-0.15, -0.1) is 0 Å². The number of aliphatic hydroxyl groups excluding tert-OH is 1. The minimum absolute atomic E-state index is 0.0202. The van der Waals surface area contributed by atoms with Gasteiger partial charge in [0.2, 0.25) is 17.7 Å². The van der Waals surface area contributed by atoms with Crippen LogP contribution in [0.1, 0.15) is 44.4 Å². The van der Waals surface area contributed by atoms with Gasteiger partial charge < -0.3 is 36.3 Å². The first-order valence-electron chi connectivity index (χ1n) is 14.7. The molecule has 240 valence electrons. The number of alkyl carbamates (subject to hydrolysis) is 1. The molecule has 3 rings (SSSR count). The smallest absolute Gasteiger partial charge is 0.408 e. The minimum Gasteiger partial charge on any atom is -0.489 e. The van der Waals surface area contributed by atoms with Crippen LogP contribution in [0.5, 0.6) is 5.75 Å². The summed E-state index contributed by atoms with van der Waals surface area (Å²) >= 11 is 0. The van der Waals surface area contributed by atoms with Crippen molar-refractivity contribution in [2.75, 3.05) is 0 Å². The lowest BCUT2D eigenvalue weighted by molar-refractivity contribution is -0.133. The molecule has 0 spiro atoms. The van der Waals surface area contributed by atoms with Gasteiger partial charge in [-0.05, 0) is 56.5 Å². The summed E-state index contributed by atoms with van der Waals surface area (Å²) in [6, 6.07) is 22.1. The largest absolute Gasteiger partial charge is 0.489 e. The highest BCUT2D eigenvalue weighted by molar-refractivity contribution is 5.94. The number of amides is 4. The Morgan fingerprint density at radius 3 is 1.73 bits per heavy atom. The molecule has 0 heterocycles. The SMILES string of the molecule is C[C@H](O)[C@@H](NC(=O)[C@@H](Cc1ccc(OCc2ccccc2)cc1)NC(=O)[C@@H](Cc1ccccc1)NC(=O)OC(C)(C)C)C(N)=O. The zero-order valence-corrected chi connectivity index (χ0v) is 26.0. The van der Waals surface area contributed by atoms with Crippen molar-refractivity contribution in [1.82, 2.24) is 16.0 Å². The number of ether oxygens (including phenoxy) is 2. The molecule has 0 bridgehead atoms. The highest BCUT2D eigenvalue weighted by Crippen LogP contribution is 2.16. The number of aliphatic hydroxyl groups is 1. The van der Waals surface area contributed by atoms with E-state index in [1.54, 1.807) is 57.2 Å². The molecule has 0 aliphatic carbocycles. The molecule has 11 heteroatoms. The Morgan fingerprint density at radius 1 is 0.733 bits per heavy atom. The van der Waals surface area contributed by atoms with Crippen molar-refractivity contribution in [3.8, 4) is 5.75 Å². The fourth-order valence-corrected chi connectivity index (χ4v) is 4.37. The number of carbonyl (C=O) groups is 4. The molecule has 3 aromatic carbocycles. The van der Waals surface area contributed by atoms with E-state index in [4.69, 9.17) is 15.2 Å². The van der Waals surface area contributed by atoms with E-state index in [-0.39, 0.29) is 12.8 Å². The van der Waals surface area contributed by atoms with Crippen LogP contribution in [0.2, 0.25) is 0 Å². The molecule has 4 atom stereocenters. The van der Waals surface area contributed by atoms with E-state index in [2.05, 4.69) is 16.0 Å². The van der Waals surface area contributed by atoms with Crippen molar-refractivity contribution < 1.29 is 33.8 Å². The summed E-state index contributed by atoms with van der Waals surface area (Å²) in [5.74, 6) is -1.72. The Kier molecular flexibility index (Phi) is 12.5. The van der Waals surface area contributed by atoms with Gasteiger partial charge in [-0.3, -0.25) is 14.4 Å². The van der Waals surface area contributed by atoms with Gasteiger partial charge in [0.1, 0.15) is 36.1 Å². The molecule has 0 saturated heterocycles. The van der Waals surface area contributed by atoms with E-state index in [9.17, 15) is 24.3 Å². The van der Waals surface area contributed by atoms with Crippen LogP contribution in [-0.2, 0) is 38.6 Å². The summed E-state index contributed by atoms with van der Waals surface area (Å²) in [6.07, 6.45) is -1.94. The van der Waals surface area contributed by atoms with Gasteiger partial charge in [0.25, 0.3) is 0 Å². The maximum atomic E-state index is 13.7. The van der Waals surface area contributed by atoms with E-state index in [0.717, 1.165) is 11.1 Å². The van der Waals surface area contributed by atoms with Gasteiger partial charge in [-0.25, -0.2) is 4.79 Å². The molecule has 0 aliphatic heterocycles. The number of primary amides is 1. The van der Waals surface area contributed by atoms with E-state index in [1.165, 1.54) is 6.92 Å². The number of benzene rings is 3. The van der Waals surface area contributed by atoms with E-state index in [0.29, 0.717) is 17.9 Å². The zero-order chi connectivity index (χ0) is 33.0. The van der Waals surface area contributed by atoms with Crippen molar-refractivity contribution in [2.24, 2.45) is 5.73 Å². The third kappa shape index (κ3) is 12.0. The number of nitrogens with two attached hydrogens (primary N) is 1. The summed E-state index contributed by atoms with van der Waals surface area (Å²) in [6.45, 7) is 6.80. The van der Waals surface area contributed by atoms with Crippen LogP contribution >= 0.6 is 0 Å². The van der Waals surface area contributed by atoms with Crippen molar-refractivity contribution in [3.05, 3.63) is 102 Å². The summed E-state index contributed by atoms with van der Waals surface area (Å²) < 4.78 is 11.2. The molecular formula is C34H42N4O7. The van der Waals surface area contributed by atoms with Crippen LogP contribution < -0.4 is 26.4 Å². The molecule has 0 saturated carbocycles. The molecule has 0 unspecified atom stereocenters. The van der Waals surface area contributed by atoms with Crippen molar-refractivity contribution in [1.29, 1.82) is 0 Å². The number of carbonyl (C=O) groups excluding carboxylic acids is 4. The second kappa shape index (κ2) is 16.2. The van der Waals surface area contributed by atoms with E-state index < -0.39 is 53.6 Å². The topological polar surface area (TPSA) is 169 Å². The monoisotopic (exact) mass is 618 g/mol. The molecule has 0 radical (unpaired) electrons. The average molecular weight is 619 g/mol.